The summed E-state index contributed by atoms with van der Waals surface area (Å²) in [6.07, 6.45) is 0.498. The molecule has 32 heavy (non-hydrogen) atoms. The molecule has 0 fully saturated rings. The van der Waals surface area contributed by atoms with Crippen molar-refractivity contribution in [1.82, 2.24) is 0 Å². The molecule has 0 aliphatic carbocycles. The zero-order valence-corrected chi connectivity index (χ0v) is 19.3. The molecule has 0 unspecified atom stereocenters. The van der Waals surface area contributed by atoms with Crippen molar-refractivity contribution in [3.63, 3.8) is 0 Å². The van der Waals surface area contributed by atoms with Crippen LogP contribution in [-0.4, -0.2) is 5.91 Å². The topological polar surface area (TPSA) is 32.3 Å². The summed E-state index contributed by atoms with van der Waals surface area (Å²) < 4.78 is 40.7. The zero-order valence-electron chi connectivity index (χ0n) is 19.3. The highest BCUT2D eigenvalue weighted by Gasteiger charge is 2.32. The number of benzene rings is 2. The number of alkyl halides is 3. The van der Waals surface area contributed by atoms with E-state index in [0.717, 1.165) is 36.1 Å². The summed E-state index contributed by atoms with van der Waals surface area (Å²) in [7, 11) is 0. The average molecular weight is 445 g/mol. The van der Waals surface area contributed by atoms with E-state index >= 15 is 0 Å². The van der Waals surface area contributed by atoms with Gasteiger partial charge in [-0.25, -0.2) is 0 Å². The van der Waals surface area contributed by atoms with E-state index in [0.29, 0.717) is 5.69 Å². The number of carbonyl (C=O) groups is 1. The molecule has 6 heteroatoms. The smallest absolute Gasteiger partial charge is 0.324 e. The van der Waals surface area contributed by atoms with Gasteiger partial charge in [0.2, 0.25) is 0 Å². The summed E-state index contributed by atoms with van der Waals surface area (Å²) in [6.45, 7) is 13.6. The number of hydrogen-bond donors (Lipinski definition) is 1. The van der Waals surface area contributed by atoms with Gasteiger partial charge in [-0.3, -0.25) is 4.79 Å². The highest BCUT2D eigenvalue weighted by molar-refractivity contribution is 6.05. The number of nitrogens with one attached hydrogen (secondary N) is 1. The van der Waals surface area contributed by atoms with Gasteiger partial charge in [-0.15, -0.1) is 0 Å². The molecular formula is C26H31F3N2O. The van der Waals surface area contributed by atoms with Crippen molar-refractivity contribution < 1.29 is 18.0 Å². The van der Waals surface area contributed by atoms with Crippen LogP contribution in [0.5, 0.6) is 0 Å². The number of amides is 1. The van der Waals surface area contributed by atoms with Crippen LogP contribution in [0.15, 0.2) is 61.0 Å². The van der Waals surface area contributed by atoms with Gasteiger partial charge in [-0.2, -0.15) is 13.2 Å². The second kappa shape index (κ2) is 10.5. The van der Waals surface area contributed by atoms with E-state index in [4.69, 9.17) is 0 Å². The van der Waals surface area contributed by atoms with Crippen LogP contribution in [0.25, 0.3) is 0 Å². The predicted octanol–water partition coefficient (Wildman–Crippen LogP) is 7.73. The Kier molecular flexibility index (Phi) is 8.31. The highest BCUT2D eigenvalue weighted by atomic mass is 19.4. The number of rotatable bonds is 8. The second-order valence-electron chi connectivity index (χ2n) is 8.23. The summed E-state index contributed by atoms with van der Waals surface area (Å²) in [5, 5.41) is 2.72. The van der Waals surface area contributed by atoms with Gasteiger partial charge in [0.1, 0.15) is 0 Å². The third-order valence-electron chi connectivity index (χ3n) is 5.38. The lowest BCUT2D eigenvalue weighted by molar-refractivity contribution is -0.137. The van der Waals surface area contributed by atoms with Crippen molar-refractivity contribution in [2.24, 2.45) is 5.92 Å². The molecule has 1 N–H and O–H groups in total. The largest absolute Gasteiger partial charge is 0.416 e. The minimum atomic E-state index is -4.59. The van der Waals surface area contributed by atoms with Crippen LogP contribution in [0.3, 0.4) is 0 Å². The molecule has 2 rings (SSSR count). The Bertz CT molecular complexity index is 1010. The molecule has 0 aromatic heterocycles. The summed E-state index contributed by atoms with van der Waals surface area (Å²) >= 11 is 0. The quantitative estimate of drug-likeness (QED) is 0.452. The van der Waals surface area contributed by atoms with E-state index in [1.165, 1.54) is 22.7 Å². The summed E-state index contributed by atoms with van der Waals surface area (Å²) in [5.41, 5.74) is 2.97. The molecule has 0 saturated heterocycles. The molecule has 0 radical (unpaired) electrons. The number of halogens is 3. The fourth-order valence-electron chi connectivity index (χ4n) is 3.18. The van der Waals surface area contributed by atoms with Gasteiger partial charge in [0.15, 0.2) is 0 Å². The average Bonchev–Trinajstić information content (AvgIpc) is 2.72. The first-order valence-electron chi connectivity index (χ1n) is 10.7. The van der Waals surface area contributed by atoms with E-state index < -0.39 is 17.6 Å². The molecule has 2 aromatic rings. The third-order valence-corrected chi connectivity index (χ3v) is 5.38. The lowest BCUT2D eigenvalue weighted by atomic mass is 10.0. The van der Waals surface area contributed by atoms with Crippen LogP contribution in [0.2, 0.25) is 0 Å². The third kappa shape index (κ3) is 6.49. The Labute approximate surface area is 188 Å². The Hall–Kier alpha value is -3.02. The minimum absolute atomic E-state index is 0.0763. The first kappa shape index (κ1) is 25.2. The van der Waals surface area contributed by atoms with Crippen molar-refractivity contribution in [3.8, 4) is 0 Å². The molecule has 0 spiro atoms. The second-order valence-corrected chi connectivity index (χ2v) is 8.23. The van der Waals surface area contributed by atoms with Crippen molar-refractivity contribution >= 4 is 17.3 Å². The van der Waals surface area contributed by atoms with Crippen LogP contribution in [0.1, 0.15) is 61.2 Å². The van der Waals surface area contributed by atoms with Gasteiger partial charge in [0, 0.05) is 29.3 Å². The Balaban J connectivity index is 2.45. The molecule has 3 nitrogen and oxygen atoms in total. The predicted molar refractivity (Wildman–Crippen MR) is 126 cm³/mol. The van der Waals surface area contributed by atoms with Crippen molar-refractivity contribution in [1.29, 1.82) is 0 Å². The van der Waals surface area contributed by atoms with Gasteiger partial charge in [-0.05, 0) is 67.6 Å². The number of aryl methyl sites for hydroxylation is 2. The fraction of sp³-hybridized carbons (Fsp3) is 0.346. The normalized spacial score (nSPS) is 12.1. The maximum absolute atomic E-state index is 13.6. The molecule has 0 bridgehead atoms. The zero-order chi connectivity index (χ0) is 24.1. The maximum Gasteiger partial charge on any atom is 0.416 e. The molecule has 0 atom stereocenters. The Morgan fingerprint density at radius 2 is 1.88 bits per heavy atom. The lowest BCUT2D eigenvalue weighted by Gasteiger charge is -2.21. The van der Waals surface area contributed by atoms with Crippen molar-refractivity contribution in [2.75, 3.05) is 10.2 Å². The SMILES string of the molecule is C=CN(/C=C(/C)C(C)C)c1cc(C(=O)Nc2ccc(CCC)c(C)c2)cc(C(F)(F)F)c1. The van der Waals surface area contributed by atoms with Crippen LogP contribution in [-0.2, 0) is 12.6 Å². The summed E-state index contributed by atoms with van der Waals surface area (Å²) in [5.74, 6) is -0.390. The monoisotopic (exact) mass is 444 g/mol. The number of nitrogens with zero attached hydrogens (tertiary/aromatic N) is 1. The van der Waals surface area contributed by atoms with Crippen LogP contribution in [0, 0.1) is 12.8 Å². The maximum atomic E-state index is 13.6. The van der Waals surface area contributed by atoms with E-state index in [1.807, 2.05) is 39.8 Å². The highest BCUT2D eigenvalue weighted by Crippen LogP contribution is 2.34. The summed E-state index contributed by atoms with van der Waals surface area (Å²) in [4.78, 5) is 14.4. The molecule has 172 valence electrons. The fourth-order valence-corrected chi connectivity index (χ4v) is 3.18. The van der Waals surface area contributed by atoms with Crippen LogP contribution < -0.4 is 10.2 Å². The van der Waals surface area contributed by atoms with E-state index in [1.54, 1.807) is 12.3 Å². The van der Waals surface area contributed by atoms with Crippen molar-refractivity contribution in [2.45, 2.75) is 53.6 Å². The molecule has 0 heterocycles. The Morgan fingerprint density at radius 1 is 1.19 bits per heavy atom. The number of carbonyl (C=O) groups excluding carboxylic acids is 1. The van der Waals surface area contributed by atoms with E-state index in [-0.39, 0.29) is 17.2 Å². The molecule has 0 aliphatic rings. The van der Waals surface area contributed by atoms with Gasteiger partial charge in [0.05, 0.1) is 5.56 Å². The summed E-state index contributed by atoms with van der Waals surface area (Å²) in [6, 6.07) is 8.88. The lowest BCUT2D eigenvalue weighted by Crippen LogP contribution is -2.17. The van der Waals surface area contributed by atoms with Gasteiger partial charge in [-0.1, -0.05) is 45.4 Å². The van der Waals surface area contributed by atoms with Gasteiger partial charge >= 0.3 is 6.18 Å². The van der Waals surface area contributed by atoms with Crippen molar-refractivity contribution in [3.05, 3.63) is 83.2 Å². The first-order valence-corrected chi connectivity index (χ1v) is 10.7. The first-order chi connectivity index (χ1) is 15.0. The number of allylic oxidation sites excluding steroid dienone is 1. The molecular weight excluding hydrogens is 413 g/mol. The van der Waals surface area contributed by atoms with E-state index in [9.17, 15) is 18.0 Å². The molecule has 1 amide bonds. The van der Waals surface area contributed by atoms with Crippen LogP contribution >= 0.6 is 0 Å². The molecule has 0 aliphatic heterocycles. The van der Waals surface area contributed by atoms with E-state index in [2.05, 4.69) is 18.8 Å². The standard InChI is InChI=1S/C26H31F3N2O/c1-7-9-20-10-11-23(12-18(20)5)30-25(32)21-13-22(26(27,28)29)15-24(14-21)31(8-2)16-19(6)17(3)4/h8,10-17H,2,7,9H2,1,3-6H3,(H,30,32)/b19-16-. The van der Waals surface area contributed by atoms with Crippen LogP contribution in [0.4, 0.5) is 24.5 Å². The Morgan fingerprint density at radius 3 is 2.41 bits per heavy atom. The molecule has 0 saturated carbocycles. The molecule has 2 aromatic carbocycles. The van der Waals surface area contributed by atoms with Gasteiger partial charge in [0.25, 0.3) is 5.91 Å². The number of anilines is 2. The van der Waals surface area contributed by atoms with Gasteiger partial charge < -0.3 is 10.2 Å². The minimum Gasteiger partial charge on any atom is -0.324 e. The number of hydrogen-bond acceptors (Lipinski definition) is 2.